The van der Waals surface area contributed by atoms with Crippen LogP contribution >= 0.6 is 15.9 Å². The predicted molar refractivity (Wildman–Crippen MR) is 152 cm³/mol. The summed E-state index contributed by atoms with van der Waals surface area (Å²) in [5, 5.41) is 18.5. The summed E-state index contributed by atoms with van der Waals surface area (Å²) in [7, 11) is 0. The number of aromatic nitrogens is 5. The average molecular weight is 613 g/mol. The first-order chi connectivity index (χ1) is 19.5. The van der Waals surface area contributed by atoms with E-state index in [-0.39, 0.29) is 24.9 Å². The summed E-state index contributed by atoms with van der Waals surface area (Å²) in [6.07, 6.45) is 10.6. The van der Waals surface area contributed by atoms with Crippen LogP contribution in [0.3, 0.4) is 0 Å². The van der Waals surface area contributed by atoms with Gasteiger partial charge in [0.15, 0.2) is 0 Å². The highest BCUT2D eigenvalue weighted by atomic mass is 79.9. The number of rotatable bonds is 6. The van der Waals surface area contributed by atoms with Gasteiger partial charge in [0.2, 0.25) is 23.5 Å². The van der Waals surface area contributed by atoms with Crippen molar-refractivity contribution in [2.75, 3.05) is 45.8 Å². The smallest absolute Gasteiger partial charge is 0.248 e. The zero-order valence-electron chi connectivity index (χ0n) is 22.4. The second-order valence-electron chi connectivity index (χ2n) is 9.67. The van der Waals surface area contributed by atoms with E-state index in [4.69, 9.17) is 10.9 Å². The van der Waals surface area contributed by atoms with Crippen molar-refractivity contribution < 1.29 is 14.1 Å². The minimum absolute atomic E-state index is 0.0267. The summed E-state index contributed by atoms with van der Waals surface area (Å²) in [4.78, 5) is 33.4. The summed E-state index contributed by atoms with van der Waals surface area (Å²) in [6, 6.07) is 7.67. The number of carbonyl (C=O) groups excluding carboxylic acids is 2. The fourth-order valence-electron chi connectivity index (χ4n) is 4.34. The van der Waals surface area contributed by atoms with Gasteiger partial charge in [-0.25, -0.2) is 4.68 Å². The monoisotopic (exact) mass is 611 g/mol. The Balaban J connectivity index is 1.35. The Bertz CT molecular complexity index is 1280. The molecule has 1 aliphatic rings. The number of amides is 2. The van der Waals surface area contributed by atoms with E-state index in [1.165, 1.54) is 0 Å². The molecule has 13 heteroatoms. The van der Waals surface area contributed by atoms with E-state index in [0.717, 1.165) is 41.4 Å². The van der Waals surface area contributed by atoms with E-state index >= 15 is 0 Å². The van der Waals surface area contributed by atoms with E-state index in [1.807, 2.05) is 35.4 Å². The van der Waals surface area contributed by atoms with E-state index in [9.17, 15) is 9.59 Å². The molecule has 0 spiro atoms. The molecule has 0 radical (unpaired) electrons. The zero-order chi connectivity index (χ0) is 28.2. The van der Waals surface area contributed by atoms with Crippen LogP contribution in [-0.2, 0) is 22.7 Å². The summed E-state index contributed by atoms with van der Waals surface area (Å²) >= 11 is 3.42. The van der Waals surface area contributed by atoms with Crippen LogP contribution in [0.4, 0.5) is 0 Å². The van der Waals surface area contributed by atoms with Crippen molar-refractivity contribution in [2.24, 2.45) is 0 Å². The molecule has 0 atom stereocenters. The van der Waals surface area contributed by atoms with Gasteiger partial charge in [0.25, 0.3) is 0 Å². The SMILES string of the molecule is C#CCN1CCCCN(Cc2cn(Cc3nc(-c4ccc(Br)cc4)no3)nn2)CC(=O)NCCCCNC(=O)C1. The molecule has 3 aromatic rings. The molecule has 12 nitrogen and oxygen atoms in total. The van der Waals surface area contributed by atoms with Gasteiger partial charge in [0, 0.05) is 29.7 Å². The van der Waals surface area contributed by atoms with Crippen molar-refractivity contribution in [1.82, 2.24) is 45.6 Å². The molecule has 212 valence electrons. The number of hydrogen-bond donors (Lipinski definition) is 2. The van der Waals surface area contributed by atoms with Gasteiger partial charge in [-0.3, -0.25) is 19.4 Å². The van der Waals surface area contributed by atoms with Crippen molar-refractivity contribution in [3.8, 4) is 23.7 Å². The summed E-state index contributed by atoms with van der Waals surface area (Å²) < 4.78 is 8.03. The quantitative estimate of drug-likeness (QED) is 0.399. The van der Waals surface area contributed by atoms with Crippen LogP contribution in [-0.4, -0.2) is 92.6 Å². The molecule has 2 N–H and O–H groups in total. The first-order valence-corrected chi connectivity index (χ1v) is 14.2. The first-order valence-electron chi connectivity index (χ1n) is 13.4. The fraction of sp³-hybridized carbons (Fsp3) is 0.481. The van der Waals surface area contributed by atoms with E-state index < -0.39 is 0 Å². The van der Waals surface area contributed by atoms with Crippen molar-refractivity contribution >= 4 is 27.7 Å². The normalized spacial score (nSPS) is 17.2. The van der Waals surface area contributed by atoms with Crippen LogP contribution < -0.4 is 10.6 Å². The van der Waals surface area contributed by atoms with E-state index in [2.05, 4.69) is 57.8 Å². The molecular weight excluding hydrogens is 578 g/mol. The van der Waals surface area contributed by atoms with Gasteiger partial charge in [-0.1, -0.05) is 32.2 Å². The van der Waals surface area contributed by atoms with Gasteiger partial charge in [-0.2, -0.15) is 4.98 Å². The minimum atomic E-state index is -0.0381. The molecule has 2 aromatic heterocycles. The summed E-state index contributed by atoms with van der Waals surface area (Å²) in [5.41, 5.74) is 1.59. The number of halogens is 1. The minimum Gasteiger partial charge on any atom is -0.355 e. The van der Waals surface area contributed by atoms with Crippen LogP contribution in [0.5, 0.6) is 0 Å². The van der Waals surface area contributed by atoms with Gasteiger partial charge >= 0.3 is 0 Å². The topological polar surface area (TPSA) is 134 Å². The van der Waals surface area contributed by atoms with Crippen LogP contribution in [0.25, 0.3) is 11.4 Å². The molecule has 4 rings (SSSR count). The third-order valence-corrected chi connectivity index (χ3v) is 6.86. The van der Waals surface area contributed by atoms with E-state index in [1.54, 1.807) is 4.68 Å². The highest BCUT2D eigenvalue weighted by molar-refractivity contribution is 9.10. The molecule has 0 aliphatic carbocycles. The third kappa shape index (κ3) is 9.55. The number of carbonyl (C=O) groups is 2. The molecule has 1 saturated heterocycles. The average Bonchev–Trinajstić information content (AvgIpc) is 3.58. The Kier molecular flexibility index (Phi) is 11.2. The molecule has 0 bridgehead atoms. The van der Waals surface area contributed by atoms with Crippen molar-refractivity contribution in [2.45, 2.75) is 38.8 Å². The Morgan fingerprint density at radius 2 is 1.62 bits per heavy atom. The van der Waals surface area contributed by atoms with Gasteiger partial charge < -0.3 is 15.2 Å². The predicted octanol–water partition coefficient (Wildman–Crippen LogP) is 1.68. The summed E-state index contributed by atoms with van der Waals surface area (Å²) in [6.45, 7) is 4.28. The van der Waals surface area contributed by atoms with Crippen LogP contribution in [0.2, 0.25) is 0 Å². The lowest BCUT2D eigenvalue weighted by molar-refractivity contribution is -0.123. The maximum Gasteiger partial charge on any atom is 0.248 e. The number of terminal acetylenes is 1. The van der Waals surface area contributed by atoms with Crippen molar-refractivity contribution in [3.63, 3.8) is 0 Å². The molecule has 2 amide bonds. The zero-order valence-corrected chi connectivity index (χ0v) is 24.0. The highest BCUT2D eigenvalue weighted by Crippen LogP contribution is 2.19. The Hall–Kier alpha value is -3.60. The highest BCUT2D eigenvalue weighted by Gasteiger charge is 2.16. The third-order valence-electron chi connectivity index (χ3n) is 6.34. The van der Waals surface area contributed by atoms with Gasteiger partial charge in [0.1, 0.15) is 6.54 Å². The van der Waals surface area contributed by atoms with Crippen molar-refractivity contribution in [1.29, 1.82) is 0 Å². The lowest BCUT2D eigenvalue weighted by Crippen LogP contribution is -2.40. The van der Waals surface area contributed by atoms with Gasteiger partial charge in [-0.15, -0.1) is 11.5 Å². The second-order valence-corrected chi connectivity index (χ2v) is 10.6. The number of nitrogens with zero attached hydrogens (tertiary/aromatic N) is 7. The maximum absolute atomic E-state index is 12.6. The standard InChI is InChI=1S/C27H34BrN9O3/c1-2-13-35-14-5-6-15-36(19-25(39)30-12-4-3-11-29-24(38)18-35)16-23-17-37(34-32-23)20-26-31-27(33-40-26)21-7-9-22(28)10-8-21/h1,7-10,17H,3-6,11-16,18-20H2,(H,29,38)(H,30,39). The van der Waals surface area contributed by atoms with E-state index in [0.29, 0.717) is 57.5 Å². The second kappa shape index (κ2) is 15.3. The lowest BCUT2D eigenvalue weighted by Gasteiger charge is -2.23. The molecule has 1 fully saturated rings. The van der Waals surface area contributed by atoms with Gasteiger partial charge in [-0.05, 0) is 63.0 Å². The van der Waals surface area contributed by atoms with Gasteiger partial charge in [0.05, 0.1) is 31.5 Å². The molecule has 0 saturated carbocycles. The Morgan fingerprint density at radius 3 is 2.33 bits per heavy atom. The maximum atomic E-state index is 12.6. The largest absolute Gasteiger partial charge is 0.355 e. The number of benzene rings is 1. The molecule has 0 unspecified atom stereocenters. The molecule has 3 heterocycles. The first kappa shape index (κ1) is 29.4. The number of nitrogens with one attached hydrogen (secondary N) is 2. The Labute approximate surface area is 242 Å². The molecule has 1 aliphatic heterocycles. The molecular formula is C27H34BrN9O3. The molecule has 1 aromatic carbocycles. The molecule has 40 heavy (non-hydrogen) atoms. The fourth-order valence-corrected chi connectivity index (χ4v) is 4.61. The van der Waals surface area contributed by atoms with Crippen molar-refractivity contribution in [3.05, 3.63) is 46.5 Å². The summed E-state index contributed by atoms with van der Waals surface area (Å²) in [5.74, 6) is 3.50. The van der Waals surface area contributed by atoms with Crippen LogP contribution in [0.1, 0.15) is 37.3 Å². The number of hydrogen-bond acceptors (Lipinski definition) is 9. The van der Waals surface area contributed by atoms with Crippen LogP contribution in [0, 0.1) is 12.3 Å². The Morgan fingerprint density at radius 1 is 0.950 bits per heavy atom. The van der Waals surface area contributed by atoms with Crippen LogP contribution in [0.15, 0.2) is 39.5 Å². The lowest BCUT2D eigenvalue weighted by atomic mass is 10.2.